The maximum atomic E-state index is 12.2. The molecule has 4 heteroatoms. The van der Waals surface area contributed by atoms with Crippen LogP contribution in [0.4, 0.5) is 5.69 Å². The first kappa shape index (κ1) is 13.9. The number of fused-ring (bicyclic) bond motifs is 1. The average Bonchev–Trinajstić information content (AvgIpc) is 2.80. The smallest absolute Gasteiger partial charge is 0.256 e. The number of hydrogen-bond donors (Lipinski definition) is 2. The van der Waals surface area contributed by atoms with Crippen molar-refractivity contribution >= 4 is 23.2 Å². The summed E-state index contributed by atoms with van der Waals surface area (Å²) < 4.78 is 0. The second-order valence-corrected chi connectivity index (χ2v) is 5.39. The highest BCUT2D eigenvalue weighted by Gasteiger charge is 2.24. The highest BCUT2D eigenvalue weighted by Crippen LogP contribution is 2.34. The Labute approximate surface area is 128 Å². The van der Waals surface area contributed by atoms with Crippen molar-refractivity contribution in [2.24, 2.45) is 0 Å². The minimum Gasteiger partial charge on any atom is -0.507 e. The number of aromatic hydroxyl groups is 1. The Kier molecular flexibility index (Phi) is 3.19. The van der Waals surface area contributed by atoms with E-state index in [2.05, 4.69) is 11.4 Å². The molecule has 0 radical (unpaired) electrons. The van der Waals surface area contributed by atoms with Gasteiger partial charge in [0.25, 0.3) is 5.91 Å². The molecule has 0 aliphatic carbocycles. The van der Waals surface area contributed by atoms with Gasteiger partial charge in [0, 0.05) is 16.8 Å². The summed E-state index contributed by atoms with van der Waals surface area (Å²) in [5.41, 5.74) is 4.84. The van der Waals surface area contributed by atoms with Crippen molar-refractivity contribution in [2.75, 3.05) is 5.32 Å². The van der Waals surface area contributed by atoms with E-state index in [1.165, 1.54) is 0 Å². The summed E-state index contributed by atoms with van der Waals surface area (Å²) in [5, 5.41) is 21.6. The van der Waals surface area contributed by atoms with Gasteiger partial charge in [-0.25, -0.2) is 0 Å². The zero-order valence-electron chi connectivity index (χ0n) is 12.3. The summed E-state index contributed by atoms with van der Waals surface area (Å²) in [6.07, 6.45) is 1.78. The Balaban J connectivity index is 2.14. The Bertz CT molecular complexity index is 850. The molecule has 2 aromatic carbocycles. The fourth-order valence-electron chi connectivity index (χ4n) is 2.64. The van der Waals surface area contributed by atoms with E-state index in [1.807, 2.05) is 26.0 Å². The van der Waals surface area contributed by atoms with Gasteiger partial charge in [-0.2, -0.15) is 5.26 Å². The van der Waals surface area contributed by atoms with E-state index in [4.69, 9.17) is 5.26 Å². The number of nitriles is 1. The first-order valence-corrected chi connectivity index (χ1v) is 6.87. The van der Waals surface area contributed by atoms with Gasteiger partial charge < -0.3 is 10.4 Å². The van der Waals surface area contributed by atoms with Crippen molar-refractivity contribution in [1.29, 1.82) is 5.26 Å². The molecule has 0 saturated carbocycles. The summed E-state index contributed by atoms with van der Waals surface area (Å²) in [4.78, 5) is 12.2. The molecule has 108 valence electrons. The number of hydrogen-bond acceptors (Lipinski definition) is 3. The lowest BCUT2D eigenvalue weighted by molar-refractivity contribution is -0.110. The van der Waals surface area contributed by atoms with Gasteiger partial charge in [0.2, 0.25) is 0 Å². The molecule has 2 aromatic rings. The van der Waals surface area contributed by atoms with Crippen molar-refractivity contribution < 1.29 is 9.90 Å². The number of anilines is 1. The Hall–Kier alpha value is -3.06. The van der Waals surface area contributed by atoms with Crippen molar-refractivity contribution in [3.05, 3.63) is 58.1 Å². The Morgan fingerprint density at radius 1 is 1.18 bits per heavy atom. The summed E-state index contributed by atoms with van der Waals surface area (Å²) in [7, 11) is 0. The molecular formula is C18H14N2O2. The number of carbonyl (C=O) groups is 1. The quantitative estimate of drug-likeness (QED) is 0.791. The molecule has 1 aliphatic rings. The van der Waals surface area contributed by atoms with Gasteiger partial charge >= 0.3 is 0 Å². The zero-order valence-corrected chi connectivity index (χ0v) is 12.3. The third-order valence-corrected chi connectivity index (χ3v) is 3.76. The predicted octanol–water partition coefficient (Wildman–Crippen LogP) is 3.37. The molecule has 4 nitrogen and oxygen atoms in total. The van der Waals surface area contributed by atoms with E-state index in [0.29, 0.717) is 16.8 Å². The van der Waals surface area contributed by atoms with E-state index in [9.17, 15) is 9.90 Å². The van der Waals surface area contributed by atoms with Crippen LogP contribution < -0.4 is 5.32 Å². The number of nitrogens with one attached hydrogen (secondary N) is 1. The van der Waals surface area contributed by atoms with E-state index in [0.717, 1.165) is 22.3 Å². The predicted molar refractivity (Wildman–Crippen MR) is 85.2 cm³/mol. The van der Waals surface area contributed by atoms with Gasteiger partial charge in [0.15, 0.2) is 0 Å². The average molecular weight is 290 g/mol. The second-order valence-electron chi connectivity index (χ2n) is 5.39. The third-order valence-electron chi connectivity index (χ3n) is 3.76. The second kappa shape index (κ2) is 5.05. The fourth-order valence-corrected chi connectivity index (χ4v) is 2.64. The van der Waals surface area contributed by atoms with E-state index >= 15 is 0 Å². The van der Waals surface area contributed by atoms with E-state index < -0.39 is 0 Å². The van der Waals surface area contributed by atoms with E-state index in [1.54, 1.807) is 24.3 Å². The molecule has 1 aliphatic heterocycles. The molecule has 1 heterocycles. The number of nitrogens with zero attached hydrogens (tertiary/aromatic N) is 1. The van der Waals surface area contributed by atoms with Crippen LogP contribution in [-0.2, 0) is 4.79 Å². The highest BCUT2D eigenvalue weighted by atomic mass is 16.3. The number of aryl methyl sites for hydroxylation is 2. The van der Waals surface area contributed by atoms with Crippen LogP contribution in [0.3, 0.4) is 0 Å². The number of phenols is 1. The molecule has 2 N–H and O–H groups in total. The molecule has 0 bridgehead atoms. The molecule has 0 spiro atoms. The standard InChI is InChI=1S/C18H14N2O2/c1-10-5-13(6-11(2)17(10)21)8-15-14-7-12(9-19)3-4-16(14)20-18(15)22/h3-8,21H,1-2H3,(H,20,22). The van der Waals surface area contributed by atoms with Crippen molar-refractivity contribution in [3.63, 3.8) is 0 Å². The number of benzene rings is 2. The van der Waals surface area contributed by atoms with Gasteiger partial charge in [0.05, 0.1) is 11.6 Å². The number of rotatable bonds is 1. The van der Waals surface area contributed by atoms with Crippen LogP contribution in [0.5, 0.6) is 5.75 Å². The summed E-state index contributed by atoms with van der Waals surface area (Å²) in [6, 6.07) is 10.9. The SMILES string of the molecule is Cc1cc(C=C2C(=O)Nc3ccc(C#N)cc32)cc(C)c1O. The van der Waals surface area contributed by atoms with Crippen LogP contribution in [0.2, 0.25) is 0 Å². The van der Waals surface area contributed by atoms with Crippen LogP contribution in [0, 0.1) is 25.2 Å². The summed E-state index contributed by atoms with van der Waals surface area (Å²) in [6.45, 7) is 3.64. The van der Waals surface area contributed by atoms with Crippen molar-refractivity contribution in [3.8, 4) is 11.8 Å². The molecular weight excluding hydrogens is 276 g/mol. The summed E-state index contributed by atoms with van der Waals surface area (Å²) >= 11 is 0. The normalized spacial score (nSPS) is 14.6. The number of amides is 1. The Morgan fingerprint density at radius 3 is 2.50 bits per heavy atom. The van der Waals surface area contributed by atoms with Crippen LogP contribution in [-0.4, -0.2) is 11.0 Å². The highest BCUT2D eigenvalue weighted by molar-refractivity contribution is 6.35. The Morgan fingerprint density at radius 2 is 1.86 bits per heavy atom. The van der Waals surface area contributed by atoms with E-state index in [-0.39, 0.29) is 11.7 Å². The van der Waals surface area contributed by atoms with Gasteiger partial charge in [-0.3, -0.25) is 4.79 Å². The molecule has 0 aromatic heterocycles. The lowest BCUT2D eigenvalue weighted by Crippen LogP contribution is -2.03. The largest absolute Gasteiger partial charge is 0.507 e. The summed E-state index contributed by atoms with van der Waals surface area (Å²) in [5.74, 6) is 0.0821. The van der Waals surface area contributed by atoms with Crippen molar-refractivity contribution in [1.82, 2.24) is 0 Å². The van der Waals surface area contributed by atoms with Crippen LogP contribution in [0.1, 0.15) is 27.8 Å². The van der Waals surface area contributed by atoms with Crippen molar-refractivity contribution in [2.45, 2.75) is 13.8 Å². The number of phenolic OH excluding ortho intramolecular Hbond substituents is 1. The minimum absolute atomic E-state index is 0.187. The molecule has 3 rings (SSSR count). The van der Waals surface area contributed by atoms with Gasteiger partial charge in [-0.1, -0.05) is 0 Å². The van der Waals surface area contributed by atoms with Gasteiger partial charge in [-0.05, 0) is 66.9 Å². The van der Waals surface area contributed by atoms with Crippen LogP contribution >= 0.6 is 0 Å². The molecule has 0 atom stereocenters. The lowest BCUT2D eigenvalue weighted by atomic mass is 9.99. The maximum absolute atomic E-state index is 12.2. The van der Waals surface area contributed by atoms with Crippen LogP contribution in [0.25, 0.3) is 11.6 Å². The lowest BCUT2D eigenvalue weighted by Gasteiger charge is -2.06. The first-order chi connectivity index (χ1) is 10.5. The van der Waals surface area contributed by atoms with Gasteiger partial charge in [0.1, 0.15) is 5.75 Å². The maximum Gasteiger partial charge on any atom is 0.256 e. The number of carbonyl (C=O) groups excluding carboxylic acids is 1. The zero-order chi connectivity index (χ0) is 15.9. The molecule has 0 saturated heterocycles. The topological polar surface area (TPSA) is 73.1 Å². The molecule has 22 heavy (non-hydrogen) atoms. The minimum atomic E-state index is -0.187. The molecule has 1 amide bonds. The van der Waals surface area contributed by atoms with Crippen LogP contribution in [0.15, 0.2) is 30.3 Å². The molecule has 0 unspecified atom stereocenters. The molecule has 0 fully saturated rings. The third kappa shape index (κ3) is 2.23. The monoisotopic (exact) mass is 290 g/mol. The van der Waals surface area contributed by atoms with Gasteiger partial charge in [-0.15, -0.1) is 0 Å². The fraction of sp³-hybridized carbons (Fsp3) is 0.111. The first-order valence-electron chi connectivity index (χ1n) is 6.87.